The Morgan fingerprint density at radius 1 is 1.23 bits per heavy atom. The molecule has 2 aromatic heterocycles. The van der Waals surface area contributed by atoms with Crippen molar-refractivity contribution in [3.63, 3.8) is 0 Å². The Hall–Kier alpha value is -1.78. The molecule has 0 bridgehead atoms. The van der Waals surface area contributed by atoms with Crippen LogP contribution in [0, 0.1) is 13.8 Å². The van der Waals surface area contributed by atoms with Gasteiger partial charge in [-0.2, -0.15) is 5.21 Å². The van der Waals surface area contributed by atoms with Crippen LogP contribution in [0.3, 0.4) is 0 Å². The molecule has 2 rings (SSSR count). The van der Waals surface area contributed by atoms with Crippen LogP contribution in [0.4, 0.5) is 0 Å². The Kier molecular flexibility index (Phi) is 1.77. The lowest BCUT2D eigenvalue weighted by atomic mass is 10.2. The first kappa shape index (κ1) is 7.85. The second kappa shape index (κ2) is 2.93. The van der Waals surface area contributed by atoms with Gasteiger partial charge < -0.3 is 0 Å². The van der Waals surface area contributed by atoms with E-state index >= 15 is 0 Å². The van der Waals surface area contributed by atoms with Gasteiger partial charge in [0, 0.05) is 5.69 Å². The van der Waals surface area contributed by atoms with Crippen molar-refractivity contribution in [2.75, 3.05) is 0 Å². The SMILES string of the molecule is Cc1cc(C)nc(-c2nn[nH]n2)c1. The monoisotopic (exact) mass is 175 g/mol. The van der Waals surface area contributed by atoms with E-state index in [0.29, 0.717) is 5.82 Å². The Labute approximate surface area is 75.2 Å². The normalized spacial score (nSPS) is 10.3. The third kappa shape index (κ3) is 1.53. The fourth-order valence-corrected chi connectivity index (χ4v) is 1.23. The highest BCUT2D eigenvalue weighted by Crippen LogP contribution is 2.12. The molecule has 0 aliphatic rings. The molecule has 0 aliphatic carbocycles. The highest BCUT2D eigenvalue weighted by Gasteiger charge is 2.04. The van der Waals surface area contributed by atoms with Gasteiger partial charge in [0.1, 0.15) is 5.69 Å². The zero-order valence-corrected chi connectivity index (χ0v) is 7.44. The molecule has 0 saturated carbocycles. The number of H-pyrrole nitrogens is 1. The number of pyridine rings is 1. The minimum absolute atomic E-state index is 0.534. The van der Waals surface area contributed by atoms with Gasteiger partial charge in [-0.3, -0.25) is 0 Å². The Morgan fingerprint density at radius 2 is 2.08 bits per heavy atom. The summed E-state index contributed by atoms with van der Waals surface area (Å²) in [4.78, 5) is 4.29. The van der Waals surface area contributed by atoms with Crippen molar-refractivity contribution in [3.05, 3.63) is 23.4 Å². The van der Waals surface area contributed by atoms with Gasteiger partial charge in [0.2, 0.25) is 5.82 Å². The molecule has 0 unspecified atom stereocenters. The first-order valence-corrected chi connectivity index (χ1v) is 3.95. The minimum Gasteiger partial charge on any atom is -0.250 e. The highest BCUT2D eigenvalue weighted by molar-refractivity contribution is 5.49. The topological polar surface area (TPSA) is 67.3 Å². The van der Waals surface area contributed by atoms with Gasteiger partial charge in [0.15, 0.2) is 0 Å². The molecule has 0 aliphatic heterocycles. The zero-order valence-electron chi connectivity index (χ0n) is 7.44. The second-order valence-corrected chi connectivity index (χ2v) is 2.91. The van der Waals surface area contributed by atoms with Gasteiger partial charge in [0.05, 0.1) is 0 Å². The molecule has 66 valence electrons. The molecule has 13 heavy (non-hydrogen) atoms. The lowest BCUT2D eigenvalue weighted by Gasteiger charge is -1.98. The van der Waals surface area contributed by atoms with Crippen molar-refractivity contribution in [1.82, 2.24) is 25.6 Å². The largest absolute Gasteiger partial charge is 0.250 e. The van der Waals surface area contributed by atoms with E-state index in [1.165, 1.54) is 0 Å². The molecule has 5 nitrogen and oxygen atoms in total. The Balaban J connectivity index is 2.53. The second-order valence-electron chi connectivity index (χ2n) is 2.91. The average Bonchev–Trinajstić information content (AvgIpc) is 2.53. The predicted molar refractivity (Wildman–Crippen MR) is 46.9 cm³/mol. The third-order valence-corrected chi connectivity index (χ3v) is 1.67. The van der Waals surface area contributed by atoms with Crippen LogP contribution >= 0.6 is 0 Å². The van der Waals surface area contributed by atoms with Crippen molar-refractivity contribution >= 4 is 0 Å². The molecule has 1 N–H and O–H groups in total. The van der Waals surface area contributed by atoms with Crippen molar-refractivity contribution in [2.45, 2.75) is 13.8 Å². The third-order valence-electron chi connectivity index (χ3n) is 1.67. The fraction of sp³-hybridized carbons (Fsp3) is 0.250. The number of nitrogens with zero attached hydrogens (tertiary/aromatic N) is 4. The summed E-state index contributed by atoms with van der Waals surface area (Å²) in [7, 11) is 0. The molecule has 5 heteroatoms. The van der Waals surface area contributed by atoms with Crippen molar-refractivity contribution in [3.8, 4) is 11.5 Å². The predicted octanol–water partition coefficient (Wildman–Crippen LogP) is 0.879. The number of tetrazole rings is 1. The van der Waals surface area contributed by atoms with E-state index in [1.807, 2.05) is 26.0 Å². The van der Waals surface area contributed by atoms with Crippen LogP contribution in [0.25, 0.3) is 11.5 Å². The molecule has 0 atom stereocenters. The summed E-state index contributed by atoms with van der Waals surface area (Å²) in [5, 5.41) is 13.6. The maximum Gasteiger partial charge on any atom is 0.222 e. The number of hydrogen-bond acceptors (Lipinski definition) is 4. The Bertz CT molecular complexity index is 386. The Morgan fingerprint density at radius 3 is 2.69 bits per heavy atom. The molecular formula is C8H9N5. The summed E-state index contributed by atoms with van der Waals surface area (Å²) in [5.41, 5.74) is 2.86. The summed E-state index contributed by atoms with van der Waals surface area (Å²) in [6, 6.07) is 3.93. The molecule has 0 fully saturated rings. The van der Waals surface area contributed by atoms with Crippen LogP contribution in [-0.2, 0) is 0 Å². The van der Waals surface area contributed by atoms with E-state index in [4.69, 9.17) is 0 Å². The summed E-state index contributed by atoms with van der Waals surface area (Å²) < 4.78 is 0. The quantitative estimate of drug-likeness (QED) is 0.698. The molecule has 2 aromatic rings. The summed E-state index contributed by atoms with van der Waals surface area (Å²) in [6.07, 6.45) is 0. The minimum atomic E-state index is 0.534. The van der Waals surface area contributed by atoms with E-state index in [-0.39, 0.29) is 0 Å². The van der Waals surface area contributed by atoms with Crippen molar-refractivity contribution in [2.24, 2.45) is 0 Å². The zero-order chi connectivity index (χ0) is 9.26. The summed E-state index contributed by atoms with van der Waals surface area (Å²) in [5.74, 6) is 0.534. The van der Waals surface area contributed by atoms with E-state index < -0.39 is 0 Å². The van der Waals surface area contributed by atoms with Gasteiger partial charge in [-0.25, -0.2) is 4.98 Å². The molecule has 0 saturated heterocycles. The summed E-state index contributed by atoms with van der Waals surface area (Å²) in [6.45, 7) is 3.95. The number of aryl methyl sites for hydroxylation is 2. The standard InChI is InChI=1S/C8H9N5/c1-5-3-6(2)9-7(4-5)8-10-12-13-11-8/h3-4H,1-2H3,(H,10,11,12,13). The molecule has 0 radical (unpaired) electrons. The van der Waals surface area contributed by atoms with Gasteiger partial charge in [-0.05, 0) is 36.8 Å². The lowest BCUT2D eigenvalue weighted by molar-refractivity contribution is 0.881. The van der Waals surface area contributed by atoms with E-state index in [1.54, 1.807) is 0 Å². The van der Waals surface area contributed by atoms with Crippen LogP contribution in [0.5, 0.6) is 0 Å². The first-order valence-electron chi connectivity index (χ1n) is 3.95. The van der Waals surface area contributed by atoms with Crippen LogP contribution < -0.4 is 0 Å². The summed E-state index contributed by atoms with van der Waals surface area (Å²) >= 11 is 0. The number of hydrogen-bond donors (Lipinski definition) is 1. The molecular weight excluding hydrogens is 166 g/mol. The number of aromatic nitrogens is 5. The van der Waals surface area contributed by atoms with Crippen molar-refractivity contribution in [1.29, 1.82) is 0 Å². The van der Waals surface area contributed by atoms with Crippen LogP contribution in [0.1, 0.15) is 11.3 Å². The van der Waals surface area contributed by atoms with E-state index in [2.05, 4.69) is 25.6 Å². The smallest absolute Gasteiger partial charge is 0.222 e. The van der Waals surface area contributed by atoms with Gasteiger partial charge in [-0.1, -0.05) is 0 Å². The first-order chi connectivity index (χ1) is 6.25. The fourth-order valence-electron chi connectivity index (χ4n) is 1.23. The van der Waals surface area contributed by atoms with Crippen LogP contribution in [0.2, 0.25) is 0 Å². The molecule has 0 amide bonds. The van der Waals surface area contributed by atoms with Crippen molar-refractivity contribution < 1.29 is 0 Å². The maximum absolute atomic E-state index is 4.29. The lowest BCUT2D eigenvalue weighted by Crippen LogP contribution is -1.90. The van der Waals surface area contributed by atoms with Gasteiger partial charge >= 0.3 is 0 Å². The van der Waals surface area contributed by atoms with Gasteiger partial charge in [0.25, 0.3) is 0 Å². The number of rotatable bonds is 1. The number of nitrogens with one attached hydrogen (secondary N) is 1. The molecule has 0 spiro atoms. The highest BCUT2D eigenvalue weighted by atomic mass is 15.5. The van der Waals surface area contributed by atoms with Gasteiger partial charge in [-0.15, -0.1) is 10.2 Å². The van der Waals surface area contributed by atoms with E-state index in [0.717, 1.165) is 17.0 Å². The average molecular weight is 175 g/mol. The molecule has 2 heterocycles. The maximum atomic E-state index is 4.29. The van der Waals surface area contributed by atoms with Crippen LogP contribution in [-0.4, -0.2) is 25.6 Å². The van der Waals surface area contributed by atoms with Crippen LogP contribution in [0.15, 0.2) is 12.1 Å². The van der Waals surface area contributed by atoms with E-state index in [9.17, 15) is 0 Å². The molecule has 0 aromatic carbocycles. The number of aromatic amines is 1.